The molecule has 9 heteroatoms. The van der Waals surface area contributed by atoms with Crippen LogP contribution in [0.4, 0.5) is 11.4 Å². The van der Waals surface area contributed by atoms with Crippen LogP contribution >= 0.6 is 0 Å². The fourth-order valence-corrected chi connectivity index (χ4v) is 2.42. The molecule has 8 nitrogen and oxygen atoms in total. The minimum absolute atomic E-state index is 0.0932. The number of carbonyl (C=O) groups is 2. The normalized spacial score (nSPS) is 10.8. The molecule has 0 spiro atoms. The van der Waals surface area contributed by atoms with Gasteiger partial charge in [0, 0.05) is 11.4 Å². The smallest absolute Gasteiger partial charge is 0.314 e. The molecular formula is C16H17N3O5S. The molecule has 4 N–H and O–H groups in total. The summed E-state index contributed by atoms with van der Waals surface area (Å²) in [6, 6.07) is 11.7. The van der Waals surface area contributed by atoms with Gasteiger partial charge in [0.25, 0.3) is 0 Å². The number of benzene rings is 2. The predicted octanol–water partition coefficient (Wildman–Crippen LogP) is 1.31. The molecule has 0 bridgehead atoms. The van der Waals surface area contributed by atoms with Gasteiger partial charge in [-0.2, -0.15) is 0 Å². The first-order chi connectivity index (χ1) is 11.8. The molecule has 0 fully saturated rings. The van der Waals surface area contributed by atoms with Gasteiger partial charge in [0.2, 0.25) is 10.0 Å². The molecule has 0 aliphatic rings. The van der Waals surface area contributed by atoms with Gasteiger partial charge in [-0.15, -0.1) is 0 Å². The highest BCUT2D eigenvalue weighted by molar-refractivity contribution is 7.89. The average Bonchev–Trinajstić information content (AvgIpc) is 2.56. The van der Waals surface area contributed by atoms with Gasteiger partial charge in [-0.3, -0.25) is 9.59 Å². The summed E-state index contributed by atoms with van der Waals surface area (Å²) in [6.07, 6.45) is 0. The Balaban J connectivity index is 1.97. The Morgan fingerprint density at radius 3 is 1.76 bits per heavy atom. The van der Waals surface area contributed by atoms with Crippen molar-refractivity contribution in [1.82, 2.24) is 0 Å². The van der Waals surface area contributed by atoms with Crippen LogP contribution in [0.3, 0.4) is 0 Å². The first kappa shape index (κ1) is 18.4. The monoisotopic (exact) mass is 363 g/mol. The highest BCUT2D eigenvalue weighted by atomic mass is 32.2. The molecule has 0 aliphatic heterocycles. The average molecular weight is 363 g/mol. The Morgan fingerprint density at radius 1 is 0.920 bits per heavy atom. The Labute approximate surface area is 145 Å². The summed E-state index contributed by atoms with van der Waals surface area (Å²) in [4.78, 5) is 23.7. The first-order valence-electron chi connectivity index (χ1n) is 7.27. The molecule has 0 saturated carbocycles. The Bertz CT molecular complexity index is 862. The first-order valence-corrected chi connectivity index (χ1v) is 8.82. The Morgan fingerprint density at radius 2 is 1.36 bits per heavy atom. The van der Waals surface area contributed by atoms with Crippen molar-refractivity contribution in [3.05, 3.63) is 48.5 Å². The van der Waals surface area contributed by atoms with Crippen molar-refractivity contribution >= 4 is 33.2 Å². The van der Waals surface area contributed by atoms with Crippen molar-refractivity contribution in [3.63, 3.8) is 0 Å². The molecule has 0 unspecified atom stereocenters. The lowest BCUT2D eigenvalue weighted by Crippen LogP contribution is -2.29. The topological polar surface area (TPSA) is 128 Å². The molecule has 25 heavy (non-hydrogen) atoms. The molecule has 2 aromatic rings. The zero-order valence-corrected chi connectivity index (χ0v) is 14.2. The van der Waals surface area contributed by atoms with Gasteiger partial charge in [-0.05, 0) is 55.5 Å². The quantitative estimate of drug-likeness (QED) is 0.690. The second kappa shape index (κ2) is 7.77. The number of anilines is 2. The number of carbonyl (C=O) groups excluding carboxylic acids is 2. The molecule has 2 rings (SSSR count). The molecule has 0 aliphatic carbocycles. The summed E-state index contributed by atoms with van der Waals surface area (Å²) in [5, 5.41) is 9.79. The SMILES string of the molecule is CCOc1ccc(NC(=O)C(=O)Nc2ccc(S(N)(=O)=O)cc2)cc1. The van der Waals surface area contributed by atoms with E-state index in [0.29, 0.717) is 18.0 Å². The van der Waals surface area contributed by atoms with E-state index in [2.05, 4.69) is 10.6 Å². The number of primary sulfonamides is 1. The van der Waals surface area contributed by atoms with E-state index in [4.69, 9.17) is 9.88 Å². The molecule has 132 valence electrons. The van der Waals surface area contributed by atoms with Crippen molar-refractivity contribution in [2.45, 2.75) is 11.8 Å². The zero-order valence-electron chi connectivity index (χ0n) is 13.4. The number of rotatable bonds is 5. The van der Waals surface area contributed by atoms with Crippen LogP contribution in [0, 0.1) is 0 Å². The summed E-state index contributed by atoms with van der Waals surface area (Å²) < 4.78 is 27.6. The van der Waals surface area contributed by atoms with Gasteiger partial charge in [0.05, 0.1) is 11.5 Å². The van der Waals surface area contributed by atoms with Crippen LogP contribution in [-0.4, -0.2) is 26.8 Å². The van der Waals surface area contributed by atoms with E-state index >= 15 is 0 Å². The number of hydrogen-bond donors (Lipinski definition) is 3. The van der Waals surface area contributed by atoms with E-state index in [1.165, 1.54) is 24.3 Å². The van der Waals surface area contributed by atoms with Gasteiger partial charge in [0.15, 0.2) is 0 Å². The third-order valence-corrected chi connectivity index (χ3v) is 4.00. The van der Waals surface area contributed by atoms with E-state index < -0.39 is 21.8 Å². The summed E-state index contributed by atoms with van der Waals surface area (Å²) >= 11 is 0. The van der Waals surface area contributed by atoms with Crippen LogP contribution in [0.25, 0.3) is 0 Å². The van der Waals surface area contributed by atoms with Gasteiger partial charge in [0.1, 0.15) is 5.75 Å². The van der Waals surface area contributed by atoms with E-state index in [1.807, 2.05) is 6.92 Å². The van der Waals surface area contributed by atoms with Crippen molar-refractivity contribution in [2.75, 3.05) is 17.2 Å². The van der Waals surface area contributed by atoms with Gasteiger partial charge in [-0.25, -0.2) is 13.6 Å². The number of nitrogens with one attached hydrogen (secondary N) is 2. The Hall–Kier alpha value is -2.91. The van der Waals surface area contributed by atoms with Crippen molar-refractivity contribution in [3.8, 4) is 5.75 Å². The molecule has 0 aromatic heterocycles. The fraction of sp³-hybridized carbons (Fsp3) is 0.125. The lowest BCUT2D eigenvalue weighted by Gasteiger charge is -2.08. The maximum Gasteiger partial charge on any atom is 0.314 e. The van der Waals surface area contributed by atoms with E-state index in [0.717, 1.165) is 0 Å². The molecule has 0 radical (unpaired) electrons. The fourth-order valence-electron chi connectivity index (χ4n) is 1.90. The van der Waals surface area contributed by atoms with Crippen LogP contribution in [-0.2, 0) is 19.6 Å². The Kier molecular flexibility index (Phi) is 5.73. The maximum absolute atomic E-state index is 11.9. The van der Waals surface area contributed by atoms with Crippen molar-refractivity contribution < 1.29 is 22.7 Å². The predicted molar refractivity (Wildman–Crippen MR) is 92.7 cm³/mol. The second-order valence-electron chi connectivity index (χ2n) is 4.94. The lowest BCUT2D eigenvalue weighted by atomic mass is 10.3. The number of amides is 2. The second-order valence-corrected chi connectivity index (χ2v) is 6.50. The highest BCUT2D eigenvalue weighted by Crippen LogP contribution is 2.16. The van der Waals surface area contributed by atoms with E-state index in [-0.39, 0.29) is 10.6 Å². The minimum Gasteiger partial charge on any atom is -0.494 e. The third-order valence-electron chi connectivity index (χ3n) is 3.07. The maximum atomic E-state index is 11.9. The zero-order chi connectivity index (χ0) is 18.4. The van der Waals surface area contributed by atoms with Gasteiger partial charge in [-0.1, -0.05) is 0 Å². The van der Waals surface area contributed by atoms with Gasteiger partial charge < -0.3 is 15.4 Å². The van der Waals surface area contributed by atoms with Crippen molar-refractivity contribution in [2.24, 2.45) is 5.14 Å². The molecule has 0 atom stereocenters. The molecule has 2 aromatic carbocycles. The summed E-state index contributed by atoms with van der Waals surface area (Å²) in [6.45, 7) is 2.38. The van der Waals surface area contributed by atoms with Crippen LogP contribution in [0.15, 0.2) is 53.4 Å². The summed E-state index contributed by atoms with van der Waals surface area (Å²) in [5.41, 5.74) is 0.701. The van der Waals surface area contributed by atoms with Gasteiger partial charge >= 0.3 is 11.8 Å². The number of nitrogens with two attached hydrogens (primary N) is 1. The molecule has 2 amide bonds. The lowest BCUT2D eigenvalue weighted by molar-refractivity contribution is -0.132. The number of sulfonamides is 1. The molecule has 0 saturated heterocycles. The largest absolute Gasteiger partial charge is 0.494 e. The number of hydrogen-bond acceptors (Lipinski definition) is 5. The van der Waals surface area contributed by atoms with Crippen LogP contribution in [0.2, 0.25) is 0 Å². The van der Waals surface area contributed by atoms with E-state index in [9.17, 15) is 18.0 Å². The van der Waals surface area contributed by atoms with Crippen LogP contribution < -0.4 is 20.5 Å². The number of ether oxygens (including phenoxy) is 1. The van der Waals surface area contributed by atoms with Crippen LogP contribution in [0.1, 0.15) is 6.92 Å². The highest BCUT2D eigenvalue weighted by Gasteiger charge is 2.15. The molecule has 0 heterocycles. The van der Waals surface area contributed by atoms with Crippen LogP contribution in [0.5, 0.6) is 5.75 Å². The van der Waals surface area contributed by atoms with Crippen molar-refractivity contribution in [1.29, 1.82) is 0 Å². The summed E-state index contributed by atoms with van der Waals surface area (Å²) in [5.74, 6) is -1.10. The summed E-state index contributed by atoms with van der Waals surface area (Å²) in [7, 11) is -3.82. The van der Waals surface area contributed by atoms with E-state index in [1.54, 1.807) is 24.3 Å². The third kappa shape index (κ3) is 5.30. The minimum atomic E-state index is -3.82. The standard InChI is InChI=1S/C16H17N3O5S/c1-2-24-13-7-3-11(4-8-13)18-15(20)16(21)19-12-5-9-14(10-6-12)25(17,22)23/h3-10H,2H2,1H3,(H,18,20)(H,19,21)(H2,17,22,23). The molecular weight excluding hydrogens is 346 g/mol.